The lowest BCUT2D eigenvalue weighted by Crippen LogP contribution is -2.33. The number of aromatic nitrogens is 2. The quantitative estimate of drug-likeness (QED) is 0.782. The zero-order chi connectivity index (χ0) is 21.6. The second-order valence-electron chi connectivity index (χ2n) is 8.25. The molecule has 9 heteroatoms. The van der Waals surface area contributed by atoms with Gasteiger partial charge >= 0.3 is 6.09 Å². The average Bonchev–Trinajstić information content (AvgIpc) is 3.09. The molecule has 3 heterocycles. The van der Waals surface area contributed by atoms with E-state index in [0.29, 0.717) is 12.5 Å². The van der Waals surface area contributed by atoms with Gasteiger partial charge in [-0.3, -0.25) is 9.69 Å². The summed E-state index contributed by atoms with van der Waals surface area (Å²) in [6.45, 7) is 3.61. The van der Waals surface area contributed by atoms with E-state index in [2.05, 4.69) is 26.3 Å². The van der Waals surface area contributed by atoms with Crippen LogP contribution in [0.15, 0.2) is 42.7 Å². The van der Waals surface area contributed by atoms with Gasteiger partial charge in [0.2, 0.25) is 11.9 Å². The standard InChI is InChI=1S/C22H22N6O3/c1-14(29)26-9-17-10-28(21(30)31-17)16-5-3-15(4-6-16)22(13-23)18-11-27(12-19(18)22)20-24-7-2-8-25-20/h2-8,17-19H,9-12H2,1H3,(H,26,29)/t17-,18-,19+,22?/m0/s1. The van der Waals surface area contributed by atoms with Crippen LogP contribution in [0.5, 0.6) is 0 Å². The van der Waals surface area contributed by atoms with E-state index < -0.39 is 11.5 Å². The first-order valence-corrected chi connectivity index (χ1v) is 10.3. The van der Waals surface area contributed by atoms with Crippen molar-refractivity contribution in [2.45, 2.75) is 18.4 Å². The molecule has 1 saturated carbocycles. The van der Waals surface area contributed by atoms with Gasteiger partial charge in [0, 0.05) is 49.9 Å². The largest absolute Gasteiger partial charge is 0.442 e. The van der Waals surface area contributed by atoms with Gasteiger partial charge in [0.15, 0.2) is 0 Å². The van der Waals surface area contributed by atoms with Crippen molar-refractivity contribution in [3.63, 3.8) is 0 Å². The average molecular weight is 418 g/mol. The zero-order valence-electron chi connectivity index (χ0n) is 17.1. The molecule has 2 aliphatic heterocycles. The molecule has 1 aromatic carbocycles. The molecule has 3 aliphatic rings. The first-order chi connectivity index (χ1) is 15.0. The zero-order valence-corrected chi connectivity index (χ0v) is 17.1. The van der Waals surface area contributed by atoms with E-state index in [1.165, 1.54) is 6.92 Å². The molecule has 158 valence electrons. The molecule has 1 aromatic heterocycles. The molecule has 0 radical (unpaired) electrons. The minimum absolute atomic E-state index is 0.159. The van der Waals surface area contributed by atoms with Crippen LogP contribution < -0.4 is 15.1 Å². The van der Waals surface area contributed by atoms with Crippen LogP contribution in [0.2, 0.25) is 0 Å². The van der Waals surface area contributed by atoms with Gasteiger partial charge in [-0.1, -0.05) is 12.1 Å². The number of nitrogens with one attached hydrogen (secondary N) is 1. The second-order valence-corrected chi connectivity index (χ2v) is 8.25. The van der Waals surface area contributed by atoms with Gasteiger partial charge in [-0.15, -0.1) is 0 Å². The number of benzene rings is 1. The number of amides is 2. The number of hydrogen-bond donors (Lipinski definition) is 1. The van der Waals surface area contributed by atoms with Crippen molar-refractivity contribution < 1.29 is 14.3 Å². The smallest absolute Gasteiger partial charge is 0.414 e. The molecule has 2 aromatic rings. The number of fused-ring (bicyclic) bond motifs is 1. The first kappa shape index (κ1) is 19.3. The van der Waals surface area contributed by atoms with Gasteiger partial charge in [0.05, 0.1) is 24.6 Å². The van der Waals surface area contributed by atoms with Crippen molar-refractivity contribution in [1.82, 2.24) is 15.3 Å². The molecule has 9 nitrogen and oxygen atoms in total. The van der Waals surface area contributed by atoms with Crippen LogP contribution in [0, 0.1) is 23.2 Å². The van der Waals surface area contributed by atoms with Crippen LogP contribution in [0.1, 0.15) is 12.5 Å². The number of nitrogens with zero attached hydrogens (tertiary/aromatic N) is 5. The Kier molecular flexibility index (Phi) is 4.50. The molecule has 2 amide bonds. The number of nitriles is 1. The van der Waals surface area contributed by atoms with E-state index in [1.807, 2.05) is 24.3 Å². The number of carbonyl (C=O) groups is 2. The van der Waals surface area contributed by atoms with E-state index in [9.17, 15) is 14.9 Å². The molecule has 5 rings (SSSR count). The topological polar surface area (TPSA) is 111 Å². The Morgan fingerprint density at radius 2 is 1.90 bits per heavy atom. The minimum Gasteiger partial charge on any atom is -0.442 e. The number of anilines is 2. The van der Waals surface area contributed by atoms with E-state index in [4.69, 9.17) is 4.74 Å². The Hall–Kier alpha value is -3.67. The number of cyclic esters (lactones) is 1. The molecule has 1 unspecified atom stereocenters. The van der Waals surface area contributed by atoms with Gasteiger partial charge in [0.1, 0.15) is 6.10 Å². The van der Waals surface area contributed by atoms with Gasteiger partial charge in [-0.25, -0.2) is 14.8 Å². The highest BCUT2D eigenvalue weighted by molar-refractivity contribution is 5.89. The third kappa shape index (κ3) is 3.15. The normalized spacial score (nSPS) is 28.6. The van der Waals surface area contributed by atoms with E-state index >= 15 is 0 Å². The first-order valence-electron chi connectivity index (χ1n) is 10.3. The van der Waals surface area contributed by atoms with Gasteiger partial charge in [-0.2, -0.15) is 5.26 Å². The predicted molar refractivity (Wildman–Crippen MR) is 111 cm³/mol. The molecular weight excluding hydrogens is 396 g/mol. The Labute approximate surface area is 179 Å². The van der Waals surface area contributed by atoms with Crippen molar-refractivity contribution >= 4 is 23.6 Å². The lowest BCUT2D eigenvalue weighted by molar-refractivity contribution is -0.119. The van der Waals surface area contributed by atoms with Gasteiger partial charge in [0.25, 0.3) is 0 Å². The predicted octanol–water partition coefficient (Wildman–Crippen LogP) is 1.47. The minimum atomic E-state index is -0.497. The summed E-state index contributed by atoms with van der Waals surface area (Å²) in [4.78, 5) is 35.6. The maximum Gasteiger partial charge on any atom is 0.414 e. The Bertz CT molecular complexity index is 1040. The fraction of sp³-hybridized carbons (Fsp3) is 0.409. The molecule has 2 saturated heterocycles. The maximum atomic E-state index is 12.2. The van der Waals surface area contributed by atoms with Crippen LogP contribution in [0.3, 0.4) is 0 Å². The molecule has 0 bridgehead atoms. The number of hydrogen-bond acceptors (Lipinski definition) is 7. The van der Waals surface area contributed by atoms with Crippen molar-refractivity contribution in [2.24, 2.45) is 11.8 Å². The molecule has 1 N–H and O–H groups in total. The molecule has 31 heavy (non-hydrogen) atoms. The van der Waals surface area contributed by atoms with Crippen molar-refractivity contribution in [3.8, 4) is 6.07 Å². The van der Waals surface area contributed by atoms with Crippen molar-refractivity contribution in [2.75, 3.05) is 36.0 Å². The van der Waals surface area contributed by atoms with E-state index in [1.54, 1.807) is 23.4 Å². The summed E-state index contributed by atoms with van der Waals surface area (Å²) in [7, 11) is 0. The van der Waals surface area contributed by atoms with Crippen LogP contribution in [-0.4, -0.2) is 54.3 Å². The van der Waals surface area contributed by atoms with Gasteiger partial charge in [-0.05, 0) is 23.8 Å². The van der Waals surface area contributed by atoms with Gasteiger partial charge < -0.3 is 15.0 Å². The SMILES string of the molecule is CC(=O)NC[C@H]1CN(c2ccc(C3(C#N)[C@@H]4CN(c5ncccn5)C[C@@H]43)cc2)C(=O)O1. The van der Waals surface area contributed by atoms with Crippen LogP contribution in [0.4, 0.5) is 16.4 Å². The maximum absolute atomic E-state index is 12.2. The fourth-order valence-electron chi connectivity index (χ4n) is 4.92. The third-order valence-electron chi connectivity index (χ3n) is 6.51. The Morgan fingerprint density at radius 1 is 1.23 bits per heavy atom. The highest BCUT2D eigenvalue weighted by Crippen LogP contribution is 2.63. The Balaban J connectivity index is 1.27. The fourth-order valence-corrected chi connectivity index (χ4v) is 4.92. The second kappa shape index (κ2) is 7.23. The lowest BCUT2D eigenvalue weighted by Gasteiger charge is -2.23. The molecule has 3 fully saturated rings. The number of ether oxygens (including phenoxy) is 1. The summed E-state index contributed by atoms with van der Waals surface area (Å²) in [6, 6.07) is 12.0. The summed E-state index contributed by atoms with van der Waals surface area (Å²) < 4.78 is 5.33. The summed E-state index contributed by atoms with van der Waals surface area (Å²) in [5.74, 6) is 1.03. The molecule has 4 atom stereocenters. The summed E-state index contributed by atoms with van der Waals surface area (Å²) in [6.07, 6.45) is 2.65. The van der Waals surface area contributed by atoms with Crippen LogP contribution in [-0.2, 0) is 14.9 Å². The number of rotatable bonds is 5. The number of carbonyl (C=O) groups excluding carboxylic acids is 2. The monoisotopic (exact) mass is 418 g/mol. The van der Waals surface area contributed by atoms with E-state index in [-0.39, 0.29) is 30.4 Å². The third-order valence-corrected chi connectivity index (χ3v) is 6.51. The summed E-state index contributed by atoms with van der Waals surface area (Å²) in [5, 5.41) is 12.7. The van der Waals surface area contributed by atoms with Crippen molar-refractivity contribution in [3.05, 3.63) is 48.3 Å². The summed E-state index contributed by atoms with van der Waals surface area (Å²) in [5.41, 5.74) is 1.20. The Morgan fingerprint density at radius 3 is 2.52 bits per heavy atom. The van der Waals surface area contributed by atoms with Crippen LogP contribution >= 0.6 is 0 Å². The molecular formula is C22H22N6O3. The van der Waals surface area contributed by atoms with Crippen LogP contribution in [0.25, 0.3) is 0 Å². The van der Waals surface area contributed by atoms with E-state index in [0.717, 1.165) is 24.3 Å². The highest BCUT2D eigenvalue weighted by atomic mass is 16.6. The molecule has 0 spiro atoms. The summed E-state index contributed by atoms with van der Waals surface area (Å²) >= 11 is 0. The number of piperidine rings is 1. The lowest BCUT2D eigenvalue weighted by atomic mass is 9.91. The highest BCUT2D eigenvalue weighted by Gasteiger charge is 2.70. The molecule has 1 aliphatic carbocycles. The van der Waals surface area contributed by atoms with Crippen molar-refractivity contribution in [1.29, 1.82) is 5.26 Å².